The molecule has 0 radical (unpaired) electrons. The van der Waals surface area contributed by atoms with Crippen molar-refractivity contribution >= 4 is 24.5 Å². The zero-order valence-corrected chi connectivity index (χ0v) is 11.5. The summed E-state index contributed by atoms with van der Waals surface area (Å²) in [6.45, 7) is 9.05. The molecule has 0 fully saturated rings. The number of aryl methyl sites for hydroxylation is 1. The predicted octanol–water partition coefficient (Wildman–Crippen LogP) is 2.28. The Morgan fingerprint density at radius 3 is 2.90 bits per heavy atom. The average molecular weight is 270 g/mol. The molecular weight excluding hydrogens is 252 g/mol. The van der Waals surface area contributed by atoms with Crippen molar-refractivity contribution in [2.45, 2.75) is 6.92 Å². The zero-order valence-electron chi connectivity index (χ0n) is 11.5. The molecule has 0 aliphatic rings. The van der Waals surface area contributed by atoms with Gasteiger partial charge in [-0.3, -0.25) is 9.79 Å². The van der Waals surface area contributed by atoms with Gasteiger partial charge in [-0.1, -0.05) is 24.8 Å². The molecular formula is C15H18N4O. The van der Waals surface area contributed by atoms with Gasteiger partial charge in [0.25, 0.3) is 5.91 Å². The van der Waals surface area contributed by atoms with E-state index in [0.717, 1.165) is 11.3 Å². The number of hydrazone groups is 1. The van der Waals surface area contributed by atoms with Crippen LogP contribution in [0.2, 0.25) is 0 Å². The summed E-state index contributed by atoms with van der Waals surface area (Å²) >= 11 is 0. The molecule has 2 N–H and O–H groups in total. The van der Waals surface area contributed by atoms with Crippen molar-refractivity contribution in [3.05, 3.63) is 54.3 Å². The Hall–Kier alpha value is -2.69. The number of hydrogen-bond donors (Lipinski definition) is 2. The second-order valence-corrected chi connectivity index (χ2v) is 4.00. The highest BCUT2D eigenvalue weighted by Crippen LogP contribution is 2.08. The van der Waals surface area contributed by atoms with E-state index in [1.54, 1.807) is 12.2 Å². The third-order valence-electron chi connectivity index (χ3n) is 2.33. The van der Waals surface area contributed by atoms with E-state index in [-0.39, 0.29) is 12.5 Å². The standard InChI is InChI=1S/C15H18N4O/c1-4-6-14(16-3)10-18-19-15(20)11-17-13-8-5-7-12(2)9-13/h4-10,17H,1,3,11H2,2H3,(H,19,20)/b14-6-,18-10+. The molecule has 0 bridgehead atoms. The Bertz CT molecular complexity index is 547. The number of hydrogen-bond acceptors (Lipinski definition) is 4. The summed E-state index contributed by atoms with van der Waals surface area (Å²) < 4.78 is 0. The lowest BCUT2D eigenvalue weighted by molar-refractivity contribution is -0.119. The fourth-order valence-corrected chi connectivity index (χ4v) is 1.40. The SMILES string of the molecule is C=C/C=C(/C=N/NC(=O)CNc1cccc(C)c1)N=C. The van der Waals surface area contributed by atoms with Crippen molar-refractivity contribution in [3.8, 4) is 0 Å². The lowest BCUT2D eigenvalue weighted by Crippen LogP contribution is -2.25. The van der Waals surface area contributed by atoms with Gasteiger partial charge in [-0.05, 0) is 37.4 Å². The first-order chi connectivity index (χ1) is 9.65. The van der Waals surface area contributed by atoms with Crippen LogP contribution < -0.4 is 10.7 Å². The van der Waals surface area contributed by atoms with Gasteiger partial charge in [0.05, 0.1) is 18.5 Å². The Kier molecular flexibility index (Phi) is 6.47. The second kappa shape index (κ2) is 8.42. The van der Waals surface area contributed by atoms with Crippen LogP contribution in [0.5, 0.6) is 0 Å². The maximum atomic E-state index is 11.6. The van der Waals surface area contributed by atoms with Crippen LogP contribution in [0.4, 0.5) is 5.69 Å². The van der Waals surface area contributed by atoms with Gasteiger partial charge in [0.15, 0.2) is 0 Å². The molecule has 1 aromatic rings. The number of amides is 1. The van der Waals surface area contributed by atoms with E-state index in [2.05, 4.69) is 34.1 Å². The first-order valence-corrected chi connectivity index (χ1v) is 6.07. The lowest BCUT2D eigenvalue weighted by Gasteiger charge is -2.05. The van der Waals surface area contributed by atoms with Crippen molar-refractivity contribution in [2.75, 3.05) is 11.9 Å². The van der Waals surface area contributed by atoms with E-state index in [1.807, 2.05) is 31.2 Å². The minimum Gasteiger partial charge on any atom is -0.376 e. The lowest BCUT2D eigenvalue weighted by atomic mass is 10.2. The van der Waals surface area contributed by atoms with Gasteiger partial charge in [0.1, 0.15) is 0 Å². The first kappa shape index (κ1) is 15.4. The fourth-order valence-electron chi connectivity index (χ4n) is 1.40. The smallest absolute Gasteiger partial charge is 0.259 e. The van der Waals surface area contributed by atoms with Crippen molar-refractivity contribution in [1.29, 1.82) is 0 Å². The molecule has 1 rings (SSSR count). The van der Waals surface area contributed by atoms with Crippen LogP contribution in [-0.4, -0.2) is 25.4 Å². The first-order valence-electron chi connectivity index (χ1n) is 6.07. The van der Waals surface area contributed by atoms with E-state index in [0.29, 0.717) is 5.70 Å². The highest BCUT2D eigenvalue weighted by Gasteiger charge is 1.99. The van der Waals surface area contributed by atoms with E-state index in [9.17, 15) is 4.79 Å². The maximum Gasteiger partial charge on any atom is 0.259 e. The third-order valence-corrected chi connectivity index (χ3v) is 2.33. The second-order valence-electron chi connectivity index (χ2n) is 4.00. The summed E-state index contributed by atoms with van der Waals surface area (Å²) in [5.41, 5.74) is 4.94. The molecule has 0 saturated carbocycles. The summed E-state index contributed by atoms with van der Waals surface area (Å²) in [5.74, 6) is -0.246. The van der Waals surface area contributed by atoms with Crippen LogP contribution in [0.1, 0.15) is 5.56 Å². The Labute approximate surface area is 118 Å². The molecule has 0 unspecified atom stereocenters. The minimum absolute atomic E-state index is 0.142. The van der Waals surface area contributed by atoms with Gasteiger partial charge in [-0.15, -0.1) is 0 Å². The average Bonchev–Trinajstić information content (AvgIpc) is 2.44. The quantitative estimate of drug-likeness (QED) is 0.453. The molecule has 1 aromatic carbocycles. The number of aliphatic imine (C=N–C) groups is 1. The van der Waals surface area contributed by atoms with Gasteiger partial charge < -0.3 is 5.32 Å². The fraction of sp³-hybridized carbons (Fsp3) is 0.133. The molecule has 0 saturated heterocycles. The Morgan fingerprint density at radius 1 is 1.45 bits per heavy atom. The molecule has 104 valence electrons. The molecule has 0 aromatic heterocycles. The molecule has 0 aliphatic heterocycles. The normalized spacial score (nSPS) is 11.2. The molecule has 0 spiro atoms. The Balaban J connectivity index is 2.41. The van der Waals surface area contributed by atoms with Gasteiger partial charge in [0.2, 0.25) is 0 Å². The number of carbonyl (C=O) groups is 1. The van der Waals surface area contributed by atoms with Crippen LogP contribution in [-0.2, 0) is 4.79 Å². The van der Waals surface area contributed by atoms with E-state index in [1.165, 1.54) is 6.21 Å². The number of rotatable bonds is 7. The van der Waals surface area contributed by atoms with Gasteiger partial charge in [-0.2, -0.15) is 5.10 Å². The van der Waals surface area contributed by atoms with Crippen LogP contribution in [0.15, 0.2) is 58.8 Å². The molecule has 5 heteroatoms. The molecule has 0 aliphatic carbocycles. The zero-order chi connectivity index (χ0) is 14.8. The number of allylic oxidation sites excluding steroid dienone is 3. The Morgan fingerprint density at radius 2 is 2.25 bits per heavy atom. The van der Waals surface area contributed by atoms with Crippen LogP contribution in [0, 0.1) is 6.92 Å². The maximum absolute atomic E-state index is 11.6. The van der Waals surface area contributed by atoms with Crippen molar-refractivity contribution in [2.24, 2.45) is 10.1 Å². The molecule has 5 nitrogen and oxygen atoms in total. The number of nitrogens with one attached hydrogen (secondary N) is 2. The van der Waals surface area contributed by atoms with Gasteiger partial charge >= 0.3 is 0 Å². The van der Waals surface area contributed by atoms with E-state index >= 15 is 0 Å². The monoisotopic (exact) mass is 270 g/mol. The van der Waals surface area contributed by atoms with Crippen molar-refractivity contribution < 1.29 is 4.79 Å². The van der Waals surface area contributed by atoms with E-state index in [4.69, 9.17) is 0 Å². The third kappa shape index (κ3) is 5.77. The van der Waals surface area contributed by atoms with Gasteiger partial charge in [-0.25, -0.2) is 5.43 Å². The highest BCUT2D eigenvalue weighted by atomic mass is 16.2. The minimum atomic E-state index is -0.246. The molecule has 0 atom stereocenters. The van der Waals surface area contributed by atoms with Crippen molar-refractivity contribution in [3.63, 3.8) is 0 Å². The topological polar surface area (TPSA) is 65.8 Å². The summed E-state index contributed by atoms with van der Waals surface area (Å²) in [5, 5.41) is 6.79. The summed E-state index contributed by atoms with van der Waals surface area (Å²) in [4.78, 5) is 15.3. The summed E-state index contributed by atoms with van der Waals surface area (Å²) in [6, 6.07) is 7.78. The number of nitrogens with zero attached hydrogens (tertiary/aromatic N) is 2. The summed E-state index contributed by atoms with van der Waals surface area (Å²) in [6.07, 6.45) is 4.60. The number of carbonyl (C=O) groups excluding carboxylic acids is 1. The molecule has 20 heavy (non-hydrogen) atoms. The number of benzene rings is 1. The highest BCUT2D eigenvalue weighted by molar-refractivity contribution is 5.84. The van der Waals surface area contributed by atoms with Crippen molar-refractivity contribution in [1.82, 2.24) is 5.43 Å². The van der Waals surface area contributed by atoms with Crippen LogP contribution >= 0.6 is 0 Å². The molecule has 1 amide bonds. The van der Waals surface area contributed by atoms with E-state index < -0.39 is 0 Å². The van der Waals surface area contributed by atoms with Crippen LogP contribution in [0.3, 0.4) is 0 Å². The predicted molar refractivity (Wildman–Crippen MR) is 84.1 cm³/mol. The number of anilines is 1. The van der Waals surface area contributed by atoms with Gasteiger partial charge in [0, 0.05) is 5.69 Å². The summed E-state index contributed by atoms with van der Waals surface area (Å²) in [7, 11) is 0. The van der Waals surface area contributed by atoms with Crippen LogP contribution in [0.25, 0.3) is 0 Å². The molecule has 0 heterocycles. The largest absolute Gasteiger partial charge is 0.376 e.